The third-order valence-electron chi connectivity index (χ3n) is 2.92. The Bertz CT molecular complexity index is 390. The predicted molar refractivity (Wildman–Crippen MR) is 60.1 cm³/mol. The van der Waals surface area contributed by atoms with Gasteiger partial charge in [-0.15, -0.1) is 11.8 Å². The van der Waals surface area contributed by atoms with Crippen molar-refractivity contribution in [3.8, 4) is 0 Å². The molecule has 1 aliphatic carbocycles. The molecule has 2 unspecified atom stereocenters. The van der Waals surface area contributed by atoms with Gasteiger partial charge in [-0.1, -0.05) is 12.1 Å². The molecule has 3 nitrogen and oxygen atoms in total. The van der Waals surface area contributed by atoms with Crippen LogP contribution in [0.1, 0.15) is 17.9 Å². The minimum absolute atomic E-state index is 0.0223. The van der Waals surface area contributed by atoms with Crippen molar-refractivity contribution in [2.75, 3.05) is 6.26 Å². The van der Waals surface area contributed by atoms with Crippen LogP contribution in [-0.4, -0.2) is 22.9 Å². The summed E-state index contributed by atoms with van der Waals surface area (Å²) >= 11 is 1.67. The number of aliphatic carboxylic acids is 1. The van der Waals surface area contributed by atoms with E-state index in [9.17, 15) is 4.79 Å². The zero-order valence-corrected chi connectivity index (χ0v) is 9.25. The van der Waals surface area contributed by atoms with Gasteiger partial charge in [-0.05, 0) is 30.4 Å². The van der Waals surface area contributed by atoms with E-state index < -0.39 is 11.5 Å². The van der Waals surface area contributed by atoms with E-state index >= 15 is 0 Å². The van der Waals surface area contributed by atoms with Crippen LogP contribution in [0.15, 0.2) is 29.2 Å². The molecule has 0 spiro atoms. The Kier molecular flexibility index (Phi) is 2.48. The highest BCUT2D eigenvalue weighted by Gasteiger charge is 2.58. The number of carboxylic acid groups (broad SMARTS) is 1. The second kappa shape index (κ2) is 3.54. The van der Waals surface area contributed by atoms with E-state index in [0.717, 1.165) is 5.56 Å². The van der Waals surface area contributed by atoms with E-state index in [1.165, 1.54) is 4.90 Å². The Morgan fingerprint density at radius 2 is 2.13 bits per heavy atom. The van der Waals surface area contributed by atoms with Crippen LogP contribution in [0, 0.1) is 0 Å². The zero-order valence-electron chi connectivity index (χ0n) is 8.43. The van der Waals surface area contributed by atoms with Gasteiger partial charge in [-0.2, -0.15) is 0 Å². The lowest BCUT2D eigenvalue weighted by molar-refractivity contribution is -0.139. The Balaban J connectivity index is 2.16. The van der Waals surface area contributed by atoms with Crippen LogP contribution in [0.5, 0.6) is 0 Å². The van der Waals surface area contributed by atoms with Crippen LogP contribution < -0.4 is 5.73 Å². The quantitative estimate of drug-likeness (QED) is 0.765. The van der Waals surface area contributed by atoms with Crippen molar-refractivity contribution >= 4 is 17.7 Å². The molecular formula is C11H13NO2S. The highest BCUT2D eigenvalue weighted by molar-refractivity contribution is 7.98. The lowest BCUT2D eigenvalue weighted by Crippen LogP contribution is -2.34. The van der Waals surface area contributed by atoms with Gasteiger partial charge in [0, 0.05) is 10.8 Å². The summed E-state index contributed by atoms with van der Waals surface area (Å²) < 4.78 is 0. The van der Waals surface area contributed by atoms with Crippen LogP contribution in [-0.2, 0) is 4.79 Å². The molecule has 15 heavy (non-hydrogen) atoms. The van der Waals surface area contributed by atoms with Crippen molar-refractivity contribution in [3.05, 3.63) is 29.8 Å². The van der Waals surface area contributed by atoms with Crippen molar-refractivity contribution in [2.24, 2.45) is 5.73 Å². The summed E-state index contributed by atoms with van der Waals surface area (Å²) in [5.74, 6) is -0.924. The van der Waals surface area contributed by atoms with Gasteiger partial charge >= 0.3 is 5.97 Å². The Labute approximate surface area is 92.7 Å². The molecule has 0 heterocycles. The first-order valence-electron chi connectivity index (χ1n) is 4.74. The average Bonchev–Trinajstić information content (AvgIpc) is 2.93. The zero-order chi connectivity index (χ0) is 11.1. The average molecular weight is 223 g/mol. The molecule has 2 rings (SSSR count). The van der Waals surface area contributed by atoms with Gasteiger partial charge in [-0.3, -0.25) is 4.79 Å². The van der Waals surface area contributed by atoms with E-state index in [4.69, 9.17) is 10.8 Å². The molecule has 0 bridgehead atoms. The maximum atomic E-state index is 10.9. The SMILES string of the molecule is CSc1ccc(C2CC2(N)C(=O)O)cc1. The van der Waals surface area contributed by atoms with E-state index in [1.54, 1.807) is 11.8 Å². The standard InChI is InChI=1S/C11H13NO2S/c1-15-8-4-2-7(3-5-8)9-6-11(9,12)10(13)14/h2-5,9H,6,12H2,1H3,(H,13,14). The lowest BCUT2D eigenvalue weighted by atomic mass is 10.1. The molecule has 0 aromatic heterocycles. The fraction of sp³-hybridized carbons (Fsp3) is 0.364. The minimum Gasteiger partial charge on any atom is -0.480 e. The number of thioether (sulfide) groups is 1. The van der Waals surface area contributed by atoms with Gasteiger partial charge in [0.2, 0.25) is 0 Å². The molecular weight excluding hydrogens is 210 g/mol. The molecule has 1 aliphatic rings. The first kappa shape index (κ1) is 10.5. The Morgan fingerprint density at radius 1 is 1.53 bits per heavy atom. The largest absolute Gasteiger partial charge is 0.480 e. The number of nitrogens with two attached hydrogens (primary N) is 1. The van der Waals surface area contributed by atoms with Gasteiger partial charge < -0.3 is 10.8 Å². The molecule has 1 saturated carbocycles. The Hall–Kier alpha value is -1.00. The topological polar surface area (TPSA) is 63.3 Å². The maximum Gasteiger partial charge on any atom is 0.324 e. The second-order valence-corrected chi connectivity index (χ2v) is 4.76. The first-order valence-corrected chi connectivity index (χ1v) is 5.96. The monoisotopic (exact) mass is 223 g/mol. The summed E-state index contributed by atoms with van der Waals surface area (Å²) in [7, 11) is 0. The minimum atomic E-state index is -1.03. The summed E-state index contributed by atoms with van der Waals surface area (Å²) in [6.07, 6.45) is 2.55. The maximum absolute atomic E-state index is 10.9. The van der Waals surface area contributed by atoms with E-state index in [2.05, 4.69) is 0 Å². The molecule has 2 atom stereocenters. The molecule has 1 aromatic carbocycles. The van der Waals surface area contributed by atoms with Crippen LogP contribution in [0.3, 0.4) is 0 Å². The number of carboxylic acids is 1. The second-order valence-electron chi connectivity index (χ2n) is 3.88. The smallest absolute Gasteiger partial charge is 0.324 e. The summed E-state index contributed by atoms with van der Waals surface area (Å²) in [6, 6.07) is 7.93. The molecule has 4 heteroatoms. The van der Waals surface area contributed by atoms with E-state index in [1.807, 2.05) is 30.5 Å². The molecule has 0 aliphatic heterocycles. The van der Waals surface area contributed by atoms with Gasteiger partial charge in [0.25, 0.3) is 0 Å². The van der Waals surface area contributed by atoms with Crippen molar-refractivity contribution in [2.45, 2.75) is 22.8 Å². The first-order chi connectivity index (χ1) is 7.08. The van der Waals surface area contributed by atoms with E-state index in [-0.39, 0.29) is 5.92 Å². The van der Waals surface area contributed by atoms with Gasteiger partial charge in [0.05, 0.1) is 0 Å². The number of carbonyl (C=O) groups is 1. The fourth-order valence-corrected chi connectivity index (χ4v) is 2.17. The fourth-order valence-electron chi connectivity index (χ4n) is 1.77. The molecule has 0 amide bonds. The number of hydrogen-bond donors (Lipinski definition) is 2. The van der Waals surface area contributed by atoms with E-state index in [0.29, 0.717) is 6.42 Å². The van der Waals surface area contributed by atoms with Gasteiger partial charge in [-0.25, -0.2) is 0 Å². The van der Waals surface area contributed by atoms with Crippen LogP contribution >= 0.6 is 11.8 Å². The van der Waals surface area contributed by atoms with Crippen molar-refractivity contribution in [1.82, 2.24) is 0 Å². The molecule has 0 saturated heterocycles. The number of hydrogen-bond acceptors (Lipinski definition) is 3. The van der Waals surface area contributed by atoms with Crippen LogP contribution in [0.4, 0.5) is 0 Å². The molecule has 1 fully saturated rings. The van der Waals surface area contributed by atoms with Crippen molar-refractivity contribution < 1.29 is 9.90 Å². The van der Waals surface area contributed by atoms with Crippen molar-refractivity contribution in [1.29, 1.82) is 0 Å². The van der Waals surface area contributed by atoms with Crippen LogP contribution in [0.2, 0.25) is 0 Å². The van der Waals surface area contributed by atoms with Gasteiger partial charge in [0.1, 0.15) is 5.54 Å². The summed E-state index contributed by atoms with van der Waals surface area (Å²) in [4.78, 5) is 12.0. The third-order valence-corrected chi connectivity index (χ3v) is 3.66. The summed E-state index contributed by atoms with van der Waals surface area (Å²) in [5.41, 5.74) is 5.73. The summed E-state index contributed by atoms with van der Waals surface area (Å²) in [5, 5.41) is 8.92. The molecule has 3 N–H and O–H groups in total. The normalized spacial score (nSPS) is 28.8. The third kappa shape index (κ3) is 1.75. The van der Waals surface area contributed by atoms with Crippen molar-refractivity contribution in [3.63, 3.8) is 0 Å². The van der Waals surface area contributed by atoms with Crippen LogP contribution in [0.25, 0.3) is 0 Å². The molecule has 0 radical (unpaired) electrons. The summed E-state index contributed by atoms with van der Waals surface area (Å²) in [6.45, 7) is 0. The molecule has 1 aromatic rings. The lowest BCUT2D eigenvalue weighted by Gasteiger charge is -2.05. The Morgan fingerprint density at radius 3 is 2.53 bits per heavy atom. The van der Waals surface area contributed by atoms with Gasteiger partial charge in [0.15, 0.2) is 0 Å². The molecule has 80 valence electrons. The number of benzene rings is 1. The number of rotatable bonds is 3. The highest BCUT2D eigenvalue weighted by Crippen LogP contribution is 2.49. The predicted octanol–water partition coefficient (Wildman–Crippen LogP) is 1.68. The highest BCUT2D eigenvalue weighted by atomic mass is 32.2.